The number of halogens is 1. The molecule has 2 rings (SSSR count). The first-order valence-corrected chi connectivity index (χ1v) is 6.98. The number of carboxylic acids is 1. The zero-order valence-corrected chi connectivity index (χ0v) is 12.0. The fourth-order valence-electron chi connectivity index (χ4n) is 1.66. The zero-order chi connectivity index (χ0) is 15.2. The van der Waals surface area contributed by atoms with E-state index in [2.05, 4.69) is 15.2 Å². The minimum atomic E-state index is -0.960. The second-order valence-electron chi connectivity index (χ2n) is 3.99. The molecule has 0 saturated carbocycles. The van der Waals surface area contributed by atoms with Gasteiger partial charge in [-0.15, -0.1) is 10.2 Å². The average Bonchev–Trinajstić information content (AvgIpc) is 2.86. The maximum atomic E-state index is 13.8. The first-order valence-electron chi connectivity index (χ1n) is 6.00. The van der Waals surface area contributed by atoms with E-state index in [0.29, 0.717) is 24.1 Å². The van der Waals surface area contributed by atoms with E-state index in [1.165, 1.54) is 12.3 Å². The van der Waals surface area contributed by atoms with Gasteiger partial charge in [-0.2, -0.15) is 0 Å². The molecule has 112 valence electrons. The lowest BCUT2D eigenvalue weighted by molar-refractivity contribution is -0.133. The van der Waals surface area contributed by atoms with Gasteiger partial charge in [0.2, 0.25) is 0 Å². The monoisotopic (exact) mass is 312 g/mol. The molecule has 0 spiro atoms. The highest BCUT2D eigenvalue weighted by molar-refractivity contribution is 7.99. The minimum absolute atomic E-state index is 0.149. The van der Waals surface area contributed by atoms with Gasteiger partial charge in [0.25, 0.3) is 0 Å². The number of aliphatic carboxylic acids is 1. The summed E-state index contributed by atoms with van der Waals surface area (Å²) in [6.07, 6.45) is 2.55. The van der Waals surface area contributed by atoms with Crippen molar-refractivity contribution in [2.45, 2.75) is 11.7 Å². The predicted molar refractivity (Wildman–Crippen MR) is 73.4 cm³/mol. The Kier molecular flexibility index (Phi) is 5.23. The Morgan fingerprint density at radius 1 is 1.52 bits per heavy atom. The molecule has 0 saturated heterocycles. The molecule has 0 aromatic carbocycles. The fraction of sp³-hybridized carbons (Fsp3) is 0.333. The Morgan fingerprint density at radius 2 is 2.33 bits per heavy atom. The highest BCUT2D eigenvalue weighted by Crippen LogP contribution is 2.25. The molecule has 2 aromatic rings. The van der Waals surface area contributed by atoms with Gasteiger partial charge >= 0.3 is 5.97 Å². The van der Waals surface area contributed by atoms with Crippen molar-refractivity contribution in [3.05, 3.63) is 24.3 Å². The molecule has 1 N–H and O–H groups in total. The van der Waals surface area contributed by atoms with Crippen molar-refractivity contribution in [3.8, 4) is 11.4 Å². The Labute approximate surface area is 124 Å². The number of methoxy groups -OCH3 is 1. The van der Waals surface area contributed by atoms with Crippen LogP contribution >= 0.6 is 11.8 Å². The number of hydrogen-bond donors (Lipinski definition) is 1. The van der Waals surface area contributed by atoms with Crippen LogP contribution < -0.4 is 0 Å². The maximum absolute atomic E-state index is 13.8. The van der Waals surface area contributed by atoms with Crippen molar-refractivity contribution in [3.63, 3.8) is 0 Å². The van der Waals surface area contributed by atoms with Crippen molar-refractivity contribution in [1.29, 1.82) is 0 Å². The quantitative estimate of drug-likeness (QED) is 0.771. The van der Waals surface area contributed by atoms with Gasteiger partial charge in [-0.25, -0.2) is 4.39 Å². The number of carboxylic acid groups (broad SMARTS) is 1. The second kappa shape index (κ2) is 7.14. The molecule has 2 heterocycles. The van der Waals surface area contributed by atoms with Gasteiger partial charge in [0.15, 0.2) is 16.8 Å². The van der Waals surface area contributed by atoms with E-state index in [0.717, 1.165) is 18.0 Å². The van der Waals surface area contributed by atoms with E-state index in [-0.39, 0.29) is 11.3 Å². The van der Waals surface area contributed by atoms with Crippen molar-refractivity contribution in [2.24, 2.45) is 0 Å². The Hall–Kier alpha value is -2.00. The van der Waals surface area contributed by atoms with E-state index in [1.54, 1.807) is 11.7 Å². The smallest absolute Gasteiger partial charge is 0.313 e. The van der Waals surface area contributed by atoms with Crippen LogP contribution in [0.3, 0.4) is 0 Å². The van der Waals surface area contributed by atoms with Gasteiger partial charge in [0.05, 0.1) is 30.7 Å². The molecular formula is C12H13FN4O3S. The first-order chi connectivity index (χ1) is 10.1. The number of nitrogens with zero attached hydrogens (tertiary/aromatic N) is 4. The molecular weight excluding hydrogens is 299 g/mol. The molecule has 2 aromatic heterocycles. The summed E-state index contributed by atoms with van der Waals surface area (Å²) >= 11 is 1.02. The van der Waals surface area contributed by atoms with E-state index in [1.807, 2.05) is 0 Å². The van der Waals surface area contributed by atoms with Crippen LogP contribution in [0.2, 0.25) is 0 Å². The summed E-state index contributed by atoms with van der Waals surface area (Å²) in [5.74, 6) is -1.31. The summed E-state index contributed by atoms with van der Waals surface area (Å²) in [6, 6.07) is 1.49. The summed E-state index contributed by atoms with van der Waals surface area (Å²) in [6.45, 7) is 0.765. The average molecular weight is 312 g/mol. The van der Waals surface area contributed by atoms with E-state index in [4.69, 9.17) is 9.84 Å². The van der Waals surface area contributed by atoms with Crippen molar-refractivity contribution < 1.29 is 19.0 Å². The molecule has 0 amide bonds. The van der Waals surface area contributed by atoms with Crippen LogP contribution in [0, 0.1) is 5.82 Å². The predicted octanol–water partition coefficient (Wildman–Crippen LogP) is 1.30. The van der Waals surface area contributed by atoms with E-state index < -0.39 is 11.8 Å². The van der Waals surface area contributed by atoms with Gasteiger partial charge in [0.1, 0.15) is 0 Å². The molecule has 7 nitrogen and oxygen atoms in total. The molecule has 0 radical (unpaired) electrons. The third kappa shape index (κ3) is 3.76. The van der Waals surface area contributed by atoms with Gasteiger partial charge < -0.3 is 9.84 Å². The molecule has 9 heteroatoms. The first kappa shape index (κ1) is 15.4. The number of thioether (sulfide) groups is 1. The standard InChI is InChI=1S/C12H13FN4O3S/c1-20-5-4-17-11(8-2-3-14-6-9(8)13)15-16-12(17)21-7-10(18)19/h2-3,6H,4-5,7H2,1H3,(H,18,19). The van der Waals surface area contributed by atoms with Crippen LogP contribution in [0.25, 0.3) is 11.4 Å². The van der Waals surface area contributed by atoms with E-state index >= 15 is 0 Å². The van der Waals surface area contributed by atoms with Gasteiger partial charge in [-0.3, -0.25) is 14.3 Å². The van der Waals surface area contributed by atoms with Crippen LogP contribution in [0.4, 0.5) is 4.39 Å². The number of pyridine rings is 1. The van der Waals surface area contributed by atoms with Crippen LogP contribution in [0.15, 0.2) is 23.6 Å². The van der Waals surface area contributed by atoms with Crippen molar-refractivity contribution in [1.82, 2.24) is 19.7 Å². The third-order valence-corrected chi connectivity index (χ3v) is 3.53. The van der Waals surface area contributed by atoms with Crippen molar-refractivity contribution in [2.75, 3.05) is 19.5 Å². The number of hydrogen-bond acceptors (Lipinski definition) is 6. The van der Waals surface area contributed by atoms with Crippen LogP contribution in [-0.4, -0.2) is 50.3 Å². The number of carbonyl (C=O) groups is 1. The summed E-state index contributed by atoms with van der Waals surface area (Å²) in [5.41, 5.74) is 0.260. The Bertz CT molecular complexity index is 635. The van der Waals surface area contributed by atoms with Crippen LogP contribution in [-0.2, 0) is 16.1 Å². The van der Waals surface area contributed by atoms with Crippen LogP contribution in [0.5, 0.6) is 0 Å². The third-order valence-electron chi connectivity index (χ3n) is 2.57. The van der Waals surface area contributed by atoms with Crippen LogP contribution in [0.1, 0.15) is 0 Å². The molecule has 0 unspecified atom stereocenters. The lowest BCUT2D eigenvalue weighted by Crippen LogP contribution is -2.09. The highest BCUT2D eigenvalue weighted by Gasteiger charge is 2.17. The summed E-state index contributed by atoms with van der Waals surface area (Å²) in [7, 11) is 1.54. The number of ether oxygens (including phenoxy) is 1. The highest BCUT2D eigenvalue weighted by atomic mass is 32.2. The Balaban J connectivity index is 2.36. The second-order valence-corrected chi connectivity index (χ2v) is 4.93. The van der Waals surface area contributed by atoms with E-state index in [9.17, 15) is 9.18 Å². The summed E-state index contributed by atoms with van der Waals surface area (Å²) in [4.78, 5) is 14.3. The molecule has 21 heavy (non-hydrogen) atoms. The SMILES string of the molecule is COCCn1c(SCC(=O)O)nnc1-c1ccncc1F. The fourth-order valence-corrected chi connectivity index (χ4v) is 2.35. The number of aromatic nitrogens is 4. The number of rotatable bonds is 7. The molecule has 0 aliphatic heterocycles. The van der Waals surface area contributed by atoms with Gasteiger partial charge in [-0.05, 0) is 6.07 Å². The maximum Gasteiger partial charge on any atom is 0.313 e. The lowest BCUT2D eigenvalue weighted by atomic mass is 10.2. The lowest BCUT2D eigenvalue weighted by Gasteiger charge is -2.09. The molecule has 0 atom stereocenters. The largest absolute Gasteiger partial charge is 0.481 e. The minimum Gasteiger partial charge on any atom is -0.481 e. The topological polar surface area (TPSA) is 90.1 Å². The molecule has 0 aliphatic carbocycles. The van der Waals surface area contributed by atoms with Crippen molar-refractivity contribution >= 4 is 17.7 Å². The summed E-state index contributed by atoms with van der Waals surface area (Å²) in [5, 5.41) is 17.0. The molecule has 0 aliphatic rings. The zero-order valence-electron chi connectivity index (χ0n) is 11.2. The van der Waals surface area contributed by atoms with Gasteiger partial charge in [0, 0.05) is 13.3 Å². The Morgan fingerprint density at radius 3 is 3.00 bits per heavy atom. The molecule has 0 bridgehead atoms. The van der Waals surface area contributed by atoms with Gasteiger partial charge in [-0.1, -0.05) is 11.8 Å². The normalized spacial score (nSPS) is 10.8. The summed E-state index contributed by atoms with van der Waals surface area (Å²) < 4.78 is 20.5. The molecule has 0 fully saturated rings.